The van der Waals surface area contributed by atoms with Crippen LogP contribution in [0.1, 0.15) is 18.5 Å². The standard InChI is InChI=1S/C26H30N2O7S/c1-18(22-16-20(32-2)12-14-23(22)33-3)27-26(29)17-28(36(30,31)21-9-7-6-8-10-21)19-11-13-24(34-4)25(15-19)35-5/h6-16,18H,17H2,1-5H3,(H,27,29). The molecule has 192 valence electrons. The van der Waals surface area contributed by atoms with Gasteiger partial charge in [0.1, 0.15) is 18.0 Å². The molecule has 0 aliphatic heterocycles. The highest BCUT2D eigenvalue weighted by Crippen LogP contribution is 2.34. The molecule has 0 bridgehead atoms. The topological polar surface area (TPSA) is 103 Å². The van der Waals surface area contributed by atoms with Crippen LogP contribution in [0.4, 0.5) is 5.69 Å². The van der Waals surface area contributed by atoms with Crippen molar-refractivity contribution in [2.75, 3.05) is 39.3 Å². The Bertz CT molecular complexity index is 1300. The second kappa shape index (κ2) is 11.7. The van der Waals surface area contributed by atoms with Crippen molar-refractivity contribution in [3.63, 3.8) is 0 Å². The number of amides is 1. The lowest BCUT2D eigenvalue weighted by atomic mass is 10.1. The largest absolute Gasteiger partial charge is 0.497 e. The first-order chi connectivity index (χ1) is 17.2. The smallest absolute Gasteiger partial charge is 0.264 e. The first kappa shape index (κ1) is 26.7. The number of methoxy groups -OCH3 is 4. The van der Waals surface area contributed by atoms with Crippen molar-refractivity contribution in [2.45, 2.75) is 17.9 Å². The van der Waals surface area contributed by atoms with Crippen molar-refractivity contribution in [3.05, 3.63) is 72.3 Å². The van der Waals surface area contributed by atoms with Gasteiger partial charge in [-0.25, -0.2) is 8.42 Å². The number of rotatable bonds is 11. The Kier molecular flexibility index (Phi) is 8.65. The minimum absolute atomic E-state index is 0.0510. The Labute approximate surface area is 211 Å². The summed E-state index contributed by atoms with van der Waals surface area (Å²) in [5.74, 6) is 1.42. The molecule has 3 aromatic rings. The molecule has 0 radical (unpaired) electrons. The number of anilines is 1. The lowest BCUT2D eigenvalue weighted by molar-refractivity contribution is -0.120. The molecule has 1 unspecified atom stereocenters. The van der Waals surface area contributed by atoms with Gasteiger partial charge in [0, 0.05) is 11.6 Å². The third kappa shape index (κ3) is 5.83. The van der Waals surface area contributed by atoms with E-state index in [1.807, 2.05) is 0 Å². The number of hydrogen-bond acceptors (Lipinski definition) is 7. The molecule has 3 aromatic carbocycles. The van der Waals surface area contributed by atoms with E-state index in [1.165, 1.54) is 39.5 Å². The lowest BCUT2D eigenvalue weighted by Crippen LogP contribution is -2.41. The number of carbonyl (C=O) groups excluding carboxylic acids is 1. The van der Waals surface area contributed by atoms with Crippen molar-refractivity contribution in [2.24, 2.45) is 0 Å². The first-order valence-corrected chi connectivity index (χ1v) is 12.5. The van der Waals surface area contributed by atoms with Gasteiger partial charge in [0.15, 0.2) is 11.5 Å². The predicted molar refractivity (Wildman–Crippen MR) is 137 cm³/mol. The molecule has 0 heterocycles. The number of sulfonamides is 1. The molecular weight excluding hydrogens is 484 g/mol. The summed E-state index contributed by atoms with van der Waals surface area (Å²) in [5.41, 5.74) is 0.937. The van der Waals surface area contributed by atoms with Gasteiger partial charge in [-0.3, -0.25) is 9.10 Å². The van der Waals surface area contributed by atoms with Crippen LogP contribution in [-0.4, -0.2) is 49.3 Å². The normalized spacial score (nSPS) is 11.8. The van der Waals surface area contributed by atoms with Crippen LogP contribution in [0, 0.1) is 0 Å². The van der Waals surface area contributed by atoms with Crippen LogP contribution in [0.25, 0.3) is 0 Å². The molecule has 3 rings (SSSR count). The van der Waals surface area contributed by atoms with E-state index in [4.69, 9.17) is 18.9 Å². The average Bonchev–Trinajstić information content (AvgIpc) is 2.91. The third-order valence-corrected chi connectivity index (χ3v) is 7.34. The molecular formula is C26H30N2O7S. The van der Waals surface area contributed by atoms with E-state index in [9.17, 15) is 13.2 Å². The van der Waals surface area contributed by atoms with Gasteiger partial charge in [0.05, 0.1) is 45.1 Å². The molecule has 0 saturated heterocycles. The van der Waals surface area contributed by atoms with Gasteiger partial charge in [-0.2, -0.15) is 0 Å². The minimum Gasteiger partial charge on any atom is -0.497 e. The van der Waals surface area contributed by atoms with Gasteiger partial charge in [-0.05, 0) is 49.4 Å². The molecule has 0 aromatic heterocycles. The fourth-order valence-corrected chi connectivity index (χ4v) is 5.12. The monoisotopic (exact) mass is 514 g/mol. The maximum Gasteiger partial charge on any atom is 0.264 e. The minimum atomic E-state index is -4.09. The van der Waals surface area contributed by atoms with E-state index in [2.05, 4.69) is 5.32 Å². The van der Waals surface area contributed by atoms with E-state index in [-0.39, 0.29) is 10.6 Å². The summed E-state index contributed by atoms with van der Waals surface area (Å²) in [4.78, 5) is 13.2. The Hall–Kier alpha value is -3.92. The number of hydrogen-bond donors (Lipinski definition) is 1. The molecule has 9 nitrogen and oxygen atoms in total. The zero-order valence-electron chi connectivity index (χ0n) is 20.8. The Morgan fingerprint density at radius 1 is 0.833 bits per heavy atom. The summed E-state index contributed by atoms with van der Waals surface area (Å²) in [6, 6.07) is 17.3. The number of ether oxygens (including phenoxy) is 4. The summed E-state index contributed by atoms with van der Waals surface area (Å²) in [6.07, 6.45) is 0. The van der Waals surface area contributed by atoms with Crippen LogP contribution < -0.4 is 28.6 Å². The summed E-state index contributed by atoms with van der Waals surface area (Å²) < 4.78 is 49.6. The molecule has 1 atom stereocenters. The number of nitrogens with zero attached hydrogens (tertiary/aromatic N) is 1. The summed E-state index contributed by atoms with van der Waals surface area (Å²) in [6.45, 7) is 1.31. The second-order valence-corrected chi connectivity index (χ2v) is 9.62. The van der Waals surface area contributed by atoms with Crippen molar-refractivity contribution in [1.82, 2.24) is 5.32 Å². The zero-order valence-corrected chi connectivity index (χ0v) is 21.7. The van der Waals surface area contributed by atoms with Gasteiger partial charge >= 0.3 is 0 Å². The van der Waals surface area contributed by atoms with E-state index in [0.717, 1.165) is 4.31 Å². The van der Waals surface area contributed by atoms with Crippen molar-refractivity contribution < 1.29 is 32.2 Å². The van der Waals surface area contributed by atoms with Crippen molar-refractivity contribution >= 4 is 21.6 Å². The summed E-state index contributed by atoms with van der Waals surface area (Å²) in [7, 11) is 1.93. The van der Waals surface area contributed by atoms with Crippen molar-refractivity contribution in [1.29, 1.82) is 0 Å². The third-order valence-electron chi connectivity index (χ3n) is 5.55. The molecule has 0 aliphatic carbocycles. The van der Waals surface area contributed by atoms with Crippen LogP contribution in [-0.2, 0) is 14.8 Å². The van der Waals surface area contributed by atoms with Crippen LogP contribution in [0.2, 0.25) is 0 Å². The molecule has 0 spiro atoms. The van der Waals surface area contributed by atoms with Gasteiger partial charge in [-0.1, -0.05) is 18.2 Å². The van der Waals surface area contributed by atoms with Crippen LogP contribution in [0.5, 0.6) is 23.0 Å². The Balaban J connectivity index is 1.96. The van der Waals surface area contributed by atoms with Gasteiger partial charge in [0.2, 0.25) is 5.91 Å². The highest BCUT2D eigenvalue weighted by atomic mass is 32.2. The zero-order chi connectivity index (χ0) is 26.3. The van der Waals surface area contributed by atoms with E-state index in [1.54, 1.807) is 62.6 Å². The maximum absolute atomic E-state index is 13.6. The van der Waals surface area contributed by atoms with Gasteiger partial charge < -0.3 is 24.3 Å². The second-order valence-electron chi connectivity index (χ2n) is 7.76. The summed E-state index contributed by atoms with van der Waals surface area (Å²) in [5, 5.41) is 2.86. The lowest BCUT2D eigenvalue weighted by Gasteiger charge is -2.26. The van der Waals surface area contributed by atoms with E-state index in [0.29, 0.717) is 28.6 Å². The van der Waals surface area contributed by atoms with Crippen LogP contribution >= 0.6 is 0 Å². The van der Waals surface area contributed by atoms with Crippen LogP contribution in [0.15, 0.2) is 71.6 Å². The molecule has 1 amide bonds. The van der Waals surface area contributed by atoms with E-state index >= 15 is 0 Å². The molecule has 0 fully saturated rings. The highest BCUT2D eigenvalue weighted by molar-refractivity contribution is 7.92. The SMILES string of the molecule is COc1ccc(OC)c(C(C)NC(=O)CN(c2ccc(OC)c(OC)c2)S(=O)(=O)c2ccccc2)c1. The van der Waals surface area contributed by atoms with E-state index < -0.39 is 28.5 Å². The highest BCUT2D eigenvalue weighted by Gasteiger charge is 2.29. The summed E-state index contributed by atoms with van der Waals surface area (Å²) >= 11 is 0. The Morgan fingerprint density at radius 3 is 2.08 bits per heavy atom. The molecule has 10 heteroatoms. The van der Waals surface area contributed by atoms with Crippen LogP contribution in [0.3, 0.4) is 0 Å². The molecule has 36 heavy (non-hydrogen) atoms. The maximum atomic E-state index is 13.6. The molecule has 1 N–H and O–H groups in total. The number of benzene rings is 3. The quantitative estimate of drug-likeness (QED) is 0.415. The Morgan fingerprint density at radius 2 is 1.47 bits per heavy atom. The number of carbonyl (C=O) groups is 1. The van der Waals surface area contributed by atoms with Gasteiger partial charge in [-0.15, -0.1) is 0 Å². The average molecular weight is 515 g/mol. The fourth-order valence-electron chi connectivity index (χ4n) is 3.69. The fraction of sp³-hybridized carbons (Fsp3) is 0.269. The van der Waals surface area contributed by atoms with Gasteiger partial charge in [0.25, 0.3) is 10.0 Å². The molecule has 0 aliphatic rings. The molecule has 0 saturated carbocycles. The number of nitrogens with one attached hydrogen (secondary N) is 1. The predicted octanol–water partition coefficient (Wildman–Crippen LogP) is 3.79. The van der Waals surface area contributed by atoms with Crippen molar-refractivity contribution in [3.8, 4) is 23.0 Å². The first-order valence-electron chi connectivity index (χ1n) is 11.1.